The normalized spacial score (nSPS) is 13.1. The van der Waals surface area contributed by atoms with Crippen LogP contribution in [-0.4, -0.2) is 30.6 Å². The summed E-state index contributed by atoms with van der Waals surface area (Å²) >= 11 is 1.40. The van der Waals surface area contributed by atoms with Gasteiger partial charge in [0.1, 0.15) is 23.9 Å². The highest BCUT2D eigenvalue weighted by molar-refractivity contribution is 7.09. The van der Waals surface area contributed by atoms with Gasteiger partial charge in [-0.05, 0) is 17.7 Å². The van der Waals surface area contributed by atoms with Crippen molar-refractivity contribution >= 4 is 29.7 Å². The van der Waals surface area contributed by atoms with Crippen molar-refractivity contribution < 1.29 is 14.3 Å². The first-order valence-electron chi connectivity index (χ1n) is 7.82. The smallest absolute Gasteiger partial charge is 0.270 e. The van der Waals surface area contributed by atoms with Gasteiger partial charge < -0.3 is 20.5 Å². The average Bonchev–Trinajstić information content (AvgIpc) is 3.08. The fourth-order valence-electron chi connectivity index (χ4n) is 2.47. The van der Waals surface area contributed by atoms with E-state index in [1.54, 1.807) is 5.38 Å². The molecule has 8 heteroatoms. The molecule has 1 aromatic carbocycles. The number of carbonyl (C=O) groups excluding carboxylic acids is 1. The molecule has 1 amide bonds. The topological polar surface area (TPSA) is 86.5 Å². The third-order valence-corrected chi connectivity index (χ3v) is 4.84. The Balaban J connectivity index is 0.00000225. The minimum Gasteiger partial charge on any atom is -0.486 e. The van der Waals surface area contributed by atoms with E-state index in [4.69, 9.17) is 15.2 Å². The van der Waals surface area contributed by atoms with E-state index in [1.807, 2.05) is 18.2 Å². The number of benzene rings is 1. The molecule has 0 atom stereocenters. The van der Waals surface area contributed by atoms with Crippen molar-refractivity contribution in [2.24, 2.45) is 5.73 Å². The number of ether oxygens (including phenoxy) is 2. The molecule has 0 unspecified atom stereocenters. The molecule has 0 saturated heterocycles. The minimum atomic E-state index is -0.252. The first kappa shape index (κ1) is 19.5. The summed E-state index contributed by atoms with van der Waals surface area (Å²) in [6, 6.07) is 5.91. The molecule has 2 heterocycles. The maximum absolute atomic E-state index is 12.2. The van der Waals surface area contributed by atoms with Crippen molar-refractivity contribution in [3.8, 4) is 11.5 Å². The van der Waals surface area contributed by atoms with E-state index in [0.717, 1.165) is 22.1 Å². The van der Waals surface area contributed by atoms with Crippen LogP contribution in [0.2, 0.25) is 0 Å². The van der Waals surface area contributed by atoms with Gasteiger partial charge in [0.05, 0.1) is 0 Å². The molecule has 0 aliphatic carbocycles. The molecule has 0 saturated carbocycles. The third kappa shape index (κ3) is 4.42. The van der Waals surface area contributed by atoms with E-state index in [0.29, 0.717) is 32.0 Å². The number of hydrogen-bond acceptors (Lipinski definition) is 6. The van der Waals surface area contributed by atoms with Gasteiger partial charge in [-0.1, -0.05) is 19.9 Å². The van der Waals surface area contributed by atoms with Crippen LogP contribution in [0.25, 0.3) is 0 Å². The molecular formula is C17H22ClN3O3S. The van der Waals surface area contributed by atoms with Crippen LogP contribution < -0.4 is 20.5 Å². The van der Waals surface area contributed by atoms with Gasteiger partial charge in [-0.2, -0.15) is 0 Å². The lowest BCUT2D eigenvalue weighted by Gasteiger charge is -2.27. The second kappa shape index (κ2) is 8.03. The molecule has 1 aliphatic rings. The molecule has 0 spiro atoms. The number of halogens is 1. The Morgan fingerprint density at radius 3 is 2.72 bits per heavy atom. The number of thiazole rings is 1. The molecule has 136 valence electrons. The van der Waals surface area contributed by atoms with E-state index in [1.165, 1.54) is 11.3 Å². The van der Waals surface area contributed by atoms with Gasteiger partial charge in [-0.3, -0.25) is 4.79 Å². The van der Waals surface area contributed by atoms with Gasteiger partial charge >= 0.3 is 0 Å². The Labute approximate surface area is 157 Å². The number of nitrogens with two attached hydrogens (primary N) is 1. The van der Waals surface area contributed by atoms with Crippen LogP contribution in [-0.2, 0) is 12.0 Å². The molecule has 1 aliphatic heterocycles. The fourth-order valence-corrected chi connectivity index (χ4v) is 3.12. The zero-order chi connectivity index (χ0) is 17.2. The molecule has 1 aromatic heterocycles. The molecule has 25 heavy (non-hydrogen) atoms. The van der Waals surface area contributed by atoms with Crippen LogP contribution in [0, 0.1) is 0 Å². The molecule has 6 nitrogen and oxygen atoms in total. The lowest BCUT2D eigenvalue weighted by atomic mass is 9.84. The second-order valence-corrected chi connectivity index (χ2v) is 7.20. The lowest BCUT2D eigenvalue weighted by Crippen LogP contribution is -2.37. The summed E-state index contributed by atoms with van der Waals surface area (Å²) in [5.41, 5.74) is 6.77. The number of fused-ring (bicyclic) bond motifs is 1. The quantitative estimate of drug-likeness (QED) is 0.828. The third-order valence-electron chi connectivity index (χ3n) is 3.97. The highest BCUT2D eigenvalue weighted by Gasteiger charge is 2.24. The minimum absolute atomic E-state index is 0. The summed E-state index contributed by atoms with van der Waals surface area (Å²) in [5, 5.41) is 5.43. The van der Waals surface area contributed by atoms with E-state index < -0.39 is 0 Å². The van der Waals surface area contributed by atoms with Crippen molar-refractivity contribution in [2.45, 2.75) is 25.8 Å². The van der Waals surface area contributed by atoms with Crippen molar-refractivity contribution in [1.29, 1.82) is 0 Å². The largest absolute Gasteiger partial charge is 0.486 e. The second-order valence-electron chi connectivity index (χ2n) is 6.26. The predicted octanol–water partition coefficient (Wildman–Crippen LogP) is 2.50. The highest BCUT2D eigenvalue weighted by atomic mass is 35.5. The van der Waals surface area contributed by atoms with Crippen LogP contribution >= 0.6 is 23.7 Å². The van der Waals surface area contributed by atoms with Crippen LogP contribution in [0.5, 0.6) is 11.5 Å². The maximum atomic E-state index is 12.2. The average molecular weight is 384 g/mol. The summed E-state index contributed by atoms with van der Waals surface area (Å²) in [6.45, 7) is 6.11. The van der Waals surface area contributed by atoms with E-state index >= 15 is 0 Å². The number of carbonyl (C=O) groups is 1. The van der Waals surface area contributed by atoms with E-state index in [2.05, 4.69) is 24.1 Å². The SMILES string of the molecule is CC(C)(CNC(=O)c1csc(CN)n1)c1ccc2c(c1)OCCO2.Cl. The van der Waals surface area contributed by atoms with Crippen molar-refractivity contribution in [3.63, 3.8) is 0 Å². The Hall–Kier alpha value is -1.83. The zero-order valence-corrected chi connectivity index (χ0v) is 15.8. The Morgan fingerprint density at radius 2 is 2.04 bits per heavy atom. The van der Waals surface area contributed by atoms with Crippen LogP contribution in [0.4, 0.5) is 0 Å². The lowest BCUT2D eigenvalue weighted by molar-refractivity contribution is 0.0941. The Morgan fingerprint density at radius 1 is 1.32 bits per heavy atom. The van der Waals surface area contributed by atoms with E-state index in [-0.39, 0.29) is 23.7 Å². The number of amides is 1. The van der Waals surface area contributed by atoms with Crippen LogP contribution in [0.15, 0.2) is 23.6 Å². The Kier molecular flexibility index (Phi) is 6.26. The predicted molar refractivity (Wildman–Crippen MR) is 100 cm³/mol. The highest BCUT2D eigenvalue weighted by Crippen LogP contribution is 2.34. The van der Waals surface area contributed by atoms with Crippen molar-refractivity contribution in [1.82, 2.24) is 10.3 Å². The molecule has 3 rings (SSSR count). The Bertz CT molecular complexity index is 748. The maximum Gasteiger partial charge on any atom is 0.270 e. The van der Waals surface area contributed by atoms with Gasteiger partial charge in [0.2, 0.25) is 0 Å². The molecule has 0 fully saturated rings. The van der Waals surface area contributed by atoms with Gasteiger partial charge in [0, 0.05) is 23.9 Å². The van der Waals surface area contributed by atoms with E-state index in [9.17, 15) is 4.79 Å². The number of aromatic nitrogens is 1. The van der Waals surface area contributed by atoms with Crippen molar-refractivity contribution in [3.05, 3.63) is 39.8 Å². The molecule has 0 radical (unpaired) electrons. The van der Waals surface area contributed by atoms with Gasteiger partial charge in [-0.25, -0.2) is 4.98 Å². The first-order chi connectivity index (χ1) is 11.5. The summed E-state index contributed by atoms with van der Waals surface area (Å²) < 4.78 is 11.2. The van der Waals surface area contributed by atoms with Gasteiger partial charge in [-0.15, -0.1) is 23.7 Å². The fraction of sp³-hybridized carbons (Fsp3) is 0.412. The number of nitrogens with one attached hydrogen (secondary N) is 1. The van der Waals surface area contributed by atoms with Crippen molar-refractivity contribution in [2.75, 3.05) is 19.8 Å². The van der Waals surface area contributed by atoms with Gasteiger partial charge in [0.15, 0.2) is 11.5 Å². The monoisotopic (exact) mass is 383 g/mol. The number of nitrogens with zero attached hydrogens (tertiary/aromatic N) is 1. The number of rotatable bonds is 5. The summed E-state index contributed by atoms with van der Waals surface area (Å²) in [7, 11) is 0. The summed E-state index contributed by atoms with van der Waals surface area (Å²) in [6.07, 6.45) is 0. The molecular weight excluding hydrogens is 362 g/mol. The molecule has 3 N–H and O–H groups in total. The molecule has 2 aromatic rings. The summed E-state index contributed by atoms with van der Waals surface area (Å²) in [5.74, 6) is 1.34. The summed E-state index contributed by atoms with van der Waals surface area (Å²) in [4.78, 5) is 16.4. The standard InChI is InChI=1S/C17H21N3O3S.ClH/c1-17(2,10-19-16(21)12-9-24-15(8-18)20-12)11-3-4-13-14(7-11)23-6-5-22-13;/h3-4,7,9H,5-6,8,10,18H2,1-2H3,(H,19,21);1H. The van der Waals surface area contributed by atoms with Crippen LogP contribution in [0.1, 0.15) is 34.9 Å². The first-order valence-corrected chi connectivity index (χ1v) is 8.70. The van der Waals surface area contributed by atoms with Gasteiger partial charge in [0.25, 0.3) is 5.91 Å². The zero-order valence-electron chi connectivity index (χ0n) is 14.2. The van der Waals surface area contributed by atoms with Crippen LogP contribution in [0.3, 0.4) is 0 Å². The molecule has 0 bridgehead atoms. The number of hydrogen-bond donors (Lipinski definition) is 2.